The van der Waals surface area contributed by atoms with Gasteiger partial charge >= 0.3 is 0 Å². The van der Waals surface area contributed by atoms with Crippen molar-refractivity contribution in [3.63, 3.8) is 0 Å². The van der Waals surface area contributed by atoms with Crippen molar-refractivity contribution in [2.75, 3.05) is 5.75 Å². The molecule has 0 aliphatic carbocycles. The van der Waals surface area contributed by atoms with Crippen LogP contribution in [0, 0.1) is 0 Å². The summed E-state index contributed by atoms with van der Waals surface area (Å²) in [6.45, 7) is 6.73. The Morgan fingerprint density at radius 2 is 2.44 bits per heavy atom. The maximum absolute atomic E-state index is 4.50. The number of hydrogen-bond donors (Lipinski definition) is 1. The Labute approximate surface area is 106 Å². The molecule has 90 valence electrons. The Morgan fingerprint density at radius 1 is 1.62 bits per heavy atom. The molecule has 0 aromatic carbocycles. The van der Waals surface area contributed by atoms with E-state index >= 15 is 0 Å². The van der Waals surface area contributed by atoms with Gasteiger partial charge in [0.15, 0.2) is 0 Å². The van der Waals surface area contributed by atoms with Gasteiger partial charge in [0.1, 0.15) is 5.01 Å². The van der Waals surface area contributed by atoms with Crippen molar-refractivity contribution in [2.45, 2.75) is 50.9 Å². The van der Waals surface area contributed by atoms with Crippen LogP contribution in [0.3, 0.4) is 0 Å². The van der Waals surface area contributed by atoms with Gasteiger partial charge in [0.05, 0.1) is 6.04 Å². The van der Waals surface area contributed by atoms with Crippen LogP contribution in [0.15, 0.2) is 6.20 Å². The van der Waals surface area contributed by atoms with E-state index in [4.69, 9.17) is 0 Å². The third-order valence-electron chi connectivity index (χ3n) is 2.97. The first-order chi connectivity index (χ1) is 7.69. The van der Waals surface area contributed by atoms with E-state index in [2.05, 4.69) is 42.8 Å². The standard InChI is InChI=1S/C12H20N2S2/c1-4-11-6-13-12(16-11)9(3)14-10-5-8(2)15-7-10/h6,8-10,14H,4-5,7H2,1-3H3. The number of thiazole rings is 1. The zero-order valence-electron chi connectivity index (χ0n) is 10.2. The van der Waals surface area contributed by atoms with E-state index in [0.717, 1.165) is 11.7 Å². The van der Waals surface area contributed by atoms with Crippen molar-refractivity contribution in [1.29, 1.82) is 0 Å². The minimum Gasteiger partial charge on any atom is -0.304 e. The zero-order chi connectivity index (χ0) is 11.5. The molecule has 1 saturated heterocycles. The molecule has 16 heavy (non-hydrogen) atoms. The second-order valence-electron chi connectivity index (χ2n) is 4.48. The highest BCUT2D eigenvalue weighted by molar-refractivity contribution is 8.00. The molecular formula is C12H20N2S2. The van der Waals surface area contributed by atoms with Gasteiger partial charge in [-0.05, 0) is 19.8 Å². The number of nitrogens with zero attached hydrogens (tertiary/aromatic N) is 1. The average Bonchev–Trinajstić information content (AvgIpc) is 2.87. The van der Waals surface area contributed by atoms with Crippen LogP contribution < -0.4 is 5.32 Å². The van der Waals surface area contributed by atoms with Gasteiger partial charge in [-0.1, -0.05) is 13.8 Å². The molecule has 1 fully saturated rings. The van der Waals surface area contributed by atoms with Gasteiger partial charge in [0.2, 0.25) is 0 Å². The highest BCUT2D eigenvalue weighted by atomic mass is 32.2. The lowest BCUT2D eigenvalue weighted by Crippen LogP contribution is -2.31. The number of hydrogen-bond acceptors (Lipinski definition) is 4. The molecule has 3 atom stereocenters. The topological polar surface area (TPSA) is 24.9 Å². The molecule has 3 unspecified atom stereocenters. The van der Waals surface area contributed by atoms with Crippen LogP contribution >= 0.6 is 23.1 Å². The van der Waals surface area contributed by atoms with E-state index in [9.17, 15) is 0 Å². The predicted molar refractivity (Wildman–Crippen MR) is 73.4 cm³/mol. The number of aryl methyl sites for hydroxylation is 1. The Balaban J connectivity index is 1.89. The fourth-order valence-corrected chi connectivity index (χ4v) is 4.07. The molecule has 2 rings (SSSR count). The normalized spacial score (nSPS) is 27.2. The molecule has 1 aromatic heterocycles. The molecule has 0 bridgehead atoms. The van der Waals surface area contributed by atoms with E-state index in [-0.39, 0.29) is 0 Å². The molecule has 4 heteroatoms. The molecule has 1 aliphatic rings. The van der Waals surface area contributed by atoms with Crippen molar-refractivity contribution in [3.8, 4) is 0 Å². The van der Waals surface area contributed by atoms with E-state index in [0.29, 0.717) is 12.1 Å². The molecule has 0 amide bonds. The SMILES string of the molecule is CCc1cnc(C(C)NC2CSC(C)C2)s1. The van der Waals surface area contributed by atoms with Crippen molar-refractivity contribution >= 4 is 23.1 Å². The third kappa shape index (κ3) is 2.99. The molecule has 1 aromatic rings. The Hall–Kier alpha value is -0.0600. The van der Waals surface area contributed by atoms with E-state index in [1.807, 2.05) is 17.5 Å². The summed E-state index contributed by atoms with van der Waals surface area (Å²) >= 11 is 3.92. The Morgan fingerprint density at radius 3 is 3.00 bits per heavy atom. The van der Waals surface area contributed by atoms with Crippen LogP contribution in [0.5, 0.6) is 0 Å². The smallest absolute Gasteiger partial charge is 0.109 e. The number of rotatable bonds is 4. The number of nitrogens with one attached hydrogen (secondary N) is 1. The summed E-state index contributed by atoms with van der Waals surface area (Å²) in [7, 11) is 0. The summed E-state index contributed by atoms with van der Waals surface area (Å²) in [4.78, 5) is 5.88. The Kier molecular flexibility index (Phi) is 4.27. The maximum atomic E-state index is 4.50. The van der Waals surface area contributed by atoms with E-state index in [1.165, 1.54) is 22.1 Å². The zero-order valence-corrected chi connectivity index (χ0v) is 11.8. The molecular weight excluding hydrogens is 236 g/mol. The largest absolute Gasteiger partial charge is 0.304 e. The van der Waals surface area contributed by atoms with E-state index in [1.54, 1.807) is 0 Å². The van der Waals surface area contributed by atoms with Gasteiger partial charge in [-0.3, -0.25) is 0 Å². The fourth-order valence-electron chi connectivity index (χ4n) is 2.04. The van der Waals surface area contributed by atoms with Crippen LogP contribution in [0.1, 0.15) is 43.1 Å². The quantitative estimate of drug-likeness (QED) is 0.895. The number of aromatic nitrogens is 1. The second-order valence-corrected chi connectivity index (χ2v) is 7.10. The van der Waals surface area contributed by atoms with Crippen LogP contribution in [0.2, 0.25) is 0 Å². The van der Waals surface area contributed by atoms with Gasteiger partial charge in [-0.2, -0.15) is 11.8 Å². The number of thioether (sulfide) groups is 1. The predicted octanol–water partition coefficient (Wildman–Crippen LogP) is 3.25. The maximum Gasteiger partial charge on any atom is 0.109 e. The summed E-state index contributed by atoms with van der Waals surface area (Å²) in [5, 5.41) is 5.74. The lowest BCUT2D eigenvalue weighted by Gasteiger charge is -2.16. The van der Waals surface area contributed by atoms with Gasteiger partial charge in [0, 0.05) is 28.1 Å². The van der Waals surface area contributed by atoms with Gasteiger partial charge in [0.25, 0.3) is 0 Å². The molecule has 1 aliphatic heterocycles. The molecule has 2 nitrogen and oxygen atoms in total. The Bertz CT molecular complexity index is 338. The van der Waals surface area contributed by atoms with Crippen LogP contribution in [-0.2, 0) is 6.42 Å². The lowest BCUT2D eigenvalue weighted by molar-refractivity contribution is 0.473. The summed E-state index contributed by atoms with van der Waals surface area (Å²) in [6, 6.07) is 1.07. The molecule has 0 radical (unpaired) electrons. The van der Waals surface area contributed by atoms with Crippen LogP contribution in [-0.4, -0.2) is 22.0 Å². The first-order valence-corrected chi connectivity index (χ1v) is 7.87. The highest BCUT2D eigenvalue weighted by Crippen LogP contribution is 2.28. The summed E-state index contributed by atoms with van der Waals surface area (Å²) in [5.74, 6) is 1.25. The van der Waals surface area contributed by atoms with Gasteiger partial charge in [-0.25, -0.2) is 4.98 Å². The first-order valence-electron chi connectivity index (χ1n) is 6.01. The third-order valence-corrected chi connectivity index (χ3v) is 5.66. The van der Waals surface area contributed by atoms with Crippen molar-refractivity contribution in [3.05, 3.63) is 16.1 Å². The summed E-state index contributed by atoms with van der Waals surface area (Å²) < 4.78 is 0. The minimum atomic E-state index is 0.404. The molecule has 0 spiro atoms. The van der Waals surface area contributed by atoms with Gasteiger partial charge < -0.3 is 5.32 Å². The minimum absolute atomic E-state index is 0.404. The molecule has 0 saturated carbocycles. The van der Waals surface area contributed by atoms with E-state index < -0.39 is 0 Å². The van der Waals surface area contributed by atoms with Gasteiger partial charge in [-0.15, -0.1) is 11.3 Å². The molecule has 2 heterocycles. The highest BCUT2D eigenvalue weighted by Gasteiger charge is 2.24. The summed E-state index contributed by atoms with van der Waals surface area (Å²) in [6.07, 6.45) is 4.41. The van der Waals surface area contributed by atoms with Crippen LogP contribution in [0.4, 0.5) is 0 Å². The second kappa shape index (κ2) is 5.52. The van der Waals surface area contributed by atoms with Crippen molar-refractivity contribution < 1.29 is 0 Å². The summed E-state index contributed by atoms with van der Waals surface area (Å²) in [5.41, 5.74) is 0. The molecule has 1 N–H and O–H groups in total. The first kappa shape index (κ1) is 12.4. The van der Waals surface area contributed by atoms with Crippen molar-refractivity contribution in [1.82, 2.24) is 10.3 Å². The van der Waals surface area contributed by atoms with Crippen LogP contribution in [0.25, 0.3) is 0 Å². The van der Waals surface area contributed by atoms with Crippen molar-refractivity contribution in [2.24, 2.45) is 0 Å². The lowest BCUT2D eigenvalue weighted by atomic mass is 10.2. The fraction of sp³-hybridized carbons (Fsp3) is 0.750. The monoisotopic (exact) mass is 256 g/mol. The average molecular weight is 256 g/mol.